The van der Waals surface area contributed by atoms with Gasteiger partial charge in [0.15, 0.2) is 12.4 Å². The number of amides is 1. The number of nitrogens with one attached hydrogen (secondary N) is 1. The molecular weight excluding hydrogens is 306 g/mol. The summed E-state index contributed by atoms with van der Waals surface area (Å²) in [5, 5.41) is 2.77. The van der Waals surface area contributed by atoms with E-state index in [1.807, 2.05) is 13.8 Å². The highest BCUT2D eigenvalue weighted by Crippen LogP contribution is 2.24. The van der Waals surface area contributed by atoms with Gasteiger partial charge in [0.05, 0.1) is 5.92 Å². The number of hydrogen-bond acceptors (Lipinski definition) is 4. The first kappa shape index (κ1) is 18.2. The number of esters is 1. The fourth-order valence-corrected chi connectivity index (χ4v) is 2.70. The maximum atomic E-state index is 12.1. The highest BCUT2D eigenvalue weighted by atomic mass is 16.5. The van der Waals surface area contributed by atoms with Gasteiger partial charge < -0.3 is 10.1 Å². The van der Waals surface area contributed by atoms with Crippen molar-refractivity contribution in [3.63, 3.8) is 0 Å². The maximum absolute atomic E-state index is 12.1. The first-order valence-corrected chi connectivity index (χ1v) is 8.58. The summed E-state index contributed by atoms with van der Waals surface area (Å²) in [7, 11) is 0. The molecule has 0 radical (unpaired) electrons. The fraction of sp³-hybridized carbons (Fsp3) is 0.526. The molecule has 1 amide bonds. The second-order valence-corrected chi connectivity index (χ2v) is 6.59. The molecule has 1 fully saturated rings. The number of Topliss-reactive ketones (excluding diaryl/α,β-unsaturated/α-hetero) is 1. The van der Waals surface area contributed by atoms with E-state index in [-0.39, 0.29) is 36.1 Å². The molecular formula is C19H25NO4. The third-order valence-electron chi connectivity index (χ3n) is 4.28. The molecule has 0 unspecified atom stereocenters. The van der Waals surface area contributed by atoms with Gasteiger partial charge in [0.1, 0.15) is 0 Å². The molecule has 2 rings (SSSR count). The zero-order chi connectivity index (χ0) is 17.5. The van der Waals surface area contributed by atoms with Crippen LogP contribution in [0.15, 0.2) is 24.3 Å². The third-order valence-corrected chi connectivity index (χ3v) is 4.28. The van der Waals surface area contributed by atoms with Crippen LogP contribution in [0.5, 0.6) is 0 Å². The third kappa shape index (κ3) is 5.18. The van der Waals surface area contributed by atoms with Crippen LogP contribution in [-0.2, 0) is 14.3 Å². The number of benzene rings is 1. The second kappa shape index (κ2) is 8.62. The highest BCUT2D eigenvalue weighted by molar-refractivity contribution is 5.99. The average molecular weight is 331 g/mol. The SMILES string of the molecule is CC(C)C(=O)Nc1ccc(C(=O)COC(=O)C2CCCCC2)cc1. The lowest BCUT2D eigenvalue weighted by Crippen LogP contribution is -2.23. The molecule has 5 heteroatoms. The summed E-state index contributed by atoms with van der Waals surface area (Å²) < 4.78 is 5.17. The van der Waals surface area contributed by atoms with Gasteiger partial charge in [0.2, 0.25) is 5.91 Å². The summed E-state index contributed by atoms with van der Waals surface area (Å²) in [5.74, 6) is -0.731. The number of carbonyl (C=O) groups excluding carboxylic acids is 3. The molecule has 1 aliphatic carbocycles. The largest absolute Gasteiger partial charge is 0.457 e. The van der Waals surface area contributed by atoms with Crippen molar-refractivity contribution in [2.45, 2.75) is 46.0 Å². The molecule has 0 aromatic heterocycles. The zero-order valence-corrected chi connectivity index (χ0v) is 14.3. The highest BCUT2D eigenvalue weighted by Gasteiger charge is 2.23. The molecule has 0 aliphatic heterocycles. The number of ketones is 1. The van der Waals surface area contributed by atoms with Crippen LogP contribution >= 0.6 is 0 Å². The molecule has 0 bridgehead atoms. The lowest BCUT2D eigenvalue weighted by molar-refractivity contribution is -0.148. The van der Waals surface area contributed by atoms with E-state index in [4.69, 9.17) is 4.74 Å². The molecule has 1 N–H and O–H groups in total. The van der Waals surface area contributed by atoms with Crippen molar-refractivity contribution in [3.8, 4) is 0 Å². The van der Waals surface area contributed by atoms with Gasteiger partial charge in [-0.1, -0.05) is 33.1 Å². The van der Waals surface area contributed by atoms with Crippen LogP contribution < -0.4 is 5.32 Å². The Morgan fingerprint density at radius 1 is 1.08 bits per heavy atom. The molecule has 130 valence electrons. The van der Waals surface area contributed by atoms with E-state index in [1.54, 1.807) is 24.3 Å². The Bertz CT molecular complexity index is 586. The summed E-state index contributed by atoms with van der Waals surface area (Å²) in [5.41, 5.74) is 1.11. The predicted molar refractivity (Wildman–Crippen MR) is 91.8 cm³/mol. The van der Waals surface area contributed by atoms with E-state index >= 15 is 0 Å². The monoisotopic (exact) mass is 331 g/mol. The molecule has 5 nitrogen and oxygen atoms in total. The van der Waals surface area contributed by atoms with Gasteiger partial charge in [-0.2, -0.15) is 0 Å². The summed E-state index contributed by atoms with van der Waals surface area (Å²) >= 11 is 0. The molecule has 1 aromatic carbocycles. The quantitative estimate of drug-likeness (QED) is 0.639. The van der Waals surface area contributed by atoms with Crippen LogP contribution in [0, 0.1) is 11.8 Å². The Morgan fingerprint density at radius 3 is 2.29 bits per heavy atom. The summed E-state index contributed by atoms with van der Waals surface area (Å²) in [6, 6.07) is 6.62. The lowest BCUT2D eigenvalue weighted by Gasteiger charge is -2.19. The smallest absolute Gasteiger partial charge is 0.309 e. The molecule has 0 spiro atoms. The minimum atomic E-state index is -0.260. The van der Waals surface area contributed by atoms with E-state index < -0.39 is 0 Å². The topological polar surface area (TPSA) is 72.5 Å². The van der Waals surface area contributed by atoms with E-state index in [2.05, 4.69) is 5.32 Å². The Balaban J connectivity index is 1.83. The summed E-state index contributed by atoms with van der Waals surface area (Å²) in [6.45, 7) is 3.40. The molecule has 24 heavy (non-hydrogen) atoms. The van der Waals surface area contributed by atoms with Crippen LogP contribution in [-0.4, -0.2) is 24.3 Å². The standard InChI is InChI=1S/C19H25NO4/c1-13(2)18(22)20-16-10-8-14(9-11-16)17(21)12-24-19(23)15-6-4-3-5-7-15/h8-11,13,15H,3-7,12H2,1-2H3,(H,20,22). The van der Waals surface area contributed by atoms with E-state index in [1.165, 1.54) is 6.42 Å². The van der Waals surface area contributed by atoms with Crippen LogP contribution in [0.4, 0.5) is 5.69 Å². The van der Waals surface area contributed by atoms with E-state index in [0.717, 1.165) is 25.7 Å². The number of ether oxygens (including phenoxy) is 1. The van der Waals surface area contributed by atoms with Crippen molar-refractivity contribution in [3.05, 3.63) is 29.8 Å². The molecule has 0 atom stereocenters. The van der Waals surface area contributed by atoms with Gasteiger partial charge in [-0.05, 0) is 37.1 Å². The molecule has 0 heterocycles. The average Bonchev–Trinajstić information content (AvgIpc) is 2.60. The van der Waals surface area contributed by atoms with Gasteiger partial charge in [-0.15, -0.1) is 0 Å². The van der Waals surface area contributed by atoms with E-state index in [9.17, 15) is 14.4 Å². The van der Waals surface area contributed by atoms with Crippen molar-refractivity contribution in [1.82, 2.24) is 0 Å². The van der Waals surface area contributed by atoms with Crippen molar-refractivity contribution < 1.29 is 19.1 Å². The number of hydrogen-bond donors (Lipinski definition) is 1. The van der Waals surface area contributed by atoms with Crippen LogP contribution in [0.2, 0.25) is 0 Å². The lowest BCUT2D eigenvalue weighted by atomic mass is 9.89. The van der Waals surface area contributed by atoms with Crippen molar-refractivity contribution in [2.75, 3.05) is 11.9 Å². The van der Waals surface area contributed by atoms with Crippen LogP contribution in [0.1, 0.15) is 56.3 Å². The second-order valence-electron chi connectivity index (χ2n) is 6.59. The van der Waals surface area contributed by atoms with Gasteiger partial charge in [-0.25, -0.2) is 0 Å². The van der Waals surface area contributed by atoms with Gasteiger partial charge in [-0.3, -0.25) is 14.4 Å². The zero-order valence-electron chi connectivity index (χ0n) is 14.3. The van der Waals surface area contributed by atoms with Gasteiger partial charge in [0, 0.05) is 17.2 Å². The van der Waals surface area contributed by atoms with Crippen molar-refractivity contribution in [1.29, 1.82) is 0 Å². The molecule has 1 aromatic rings. The maximum Gasteiger partial charge on any atom is 0.309 e. The minimum absolute atomic E-state index is 0.0554. The number of rotatable bonds is 6. The van der Waals surface area contributed by atoms with Crippen LogP contribution in [0.3, 0.4) is 0 Å². The van der Waals surface area contributed by atoms with Crippen molar-refractivity contribution >= 4 is 23.3 Å². The van der Waals surface area contributed by atoms with Gasteiger partial charge in [0.25, 0.3) is 0 Å². The first-order valence-electron chi connectivity index (χ1n) is 8.58. The Kier molecular flexibility index (Phi) is 6.53. The van der Waals surface area contributed by atoms with Gasteiger partial charge >= 0.3 is 5.97 Å². The van der Waals surface area contributed by atoms with E-state index in [0.29, 0.717) is 11.3 Å². The number of carbonyl (C=O) groups is 3. The molecule has 1 saturated carbocycles. The van der Waals surface area contributed by atoms with Crippen LogP contribution in [0.25, 0.3) is 0 Å². The molecule has 0 saturated heterocycles. The number of anilines is 1. The fourth-order valence-electron chi connectivity index (χ4n) is 2.70. The van der Waals surface area contributed by atoms with Crippen molar-refractivity contribution in [2.24, 2.45) is 11.8 Å². The predicted octanol–water partition coefficient (Wildman–Crippen LogP) is 3.59. The summed E-state index contributed by atoms with van der Waals surface area (Å²) in [6.07, 6.45) is 4.99. The Hall–Kier alpha value is -2.17. The molecule has 1 aliphatic rings. The first-order chi connectivity index (χ1) is 11.5. The summed E-state index contributed by atoms with van der Waals surface area (Å²) in [4.78, 5) is 35.7. The minimum Gasteiger partial charge on any atom is -0.457 e. The Labute approximate surface area is 142 Å². The Morgan fingerprint density at radius 2 is 1.71 bits per heavy atom. The normalized spacial score (nSPS) is 15.1.